The number of carbonyl (C=O) groups is 1. The van der Waals surface area contributed by atoms with Crippen molar-refractivity contribution in [3.05, 3.63) is 0 Å². The highest BCUT2D eigenvalue weighted by atomic mass is 79.9. The first-order valence-electron chi connectivity index (χ1n) is 5.67. The molecule has 1 heterocycles. The zero-order chi connectivity index (χ0) is 14.1. The van der Waals surface area contributed by atoms with Gasteiger partial charge in [-0.25, -0.2) is 4.79 Å². The van der Waals surface area contributed by atoms with E-state index >= 15 is 0 Å². The Morgan fingerprint density at radius 1 is 1.39 bits per heavy atom. The number of ether oxygens (including phenoxy) is 1. The number of hydrogen-bond donors (Lipinski definition) is 0. The Labute approximate surface area is 113 Å². The van der Waals surface area contributed by atoms with Crippen molar-refractivity contribution in [3.8, 4) is 0 Å². The summed E-state index contributed by atoms with van der Waals surface area (Å²) in [7, 11) is 0. The van der Waals surface area contributed by atoms with Gasteiger partial charge in [-0.1, -0.05) is 15.9 Å². The number of amides is 1. The largest absolute Gasteiger partial charge is 0.444 e. The summed E-state index contributed by atoms with van der Waals surface area (Å²) in [5.41, 5.74) is -0.704. The molecule has 0 spiro atoms. The molecule has 1 rings (SSSR count). The van der Waals surface area contributed by atoms with Gasteiger partial charge in [0, 0.05) is 17.9 Å². The first-order valence-corrected chi connectivity index (χ1v) is 6.79. The first kappa shape index (κ1) is 15.6. The number of carbonyl (C=O) groups excluding carboxylic acids is 1. The second-order valence-corrected chi connectivity index (χ2v) is 6.06. The van der Waals surface area contributed by atoms with Crippen molar-refractivity contribution in [1.82, 2.24) is 4.90 Å². The molecular formula is C11H17BrF3NO2. The molecule has 0 N–H and O–H groups in total. The monoisotopic (exact) mass is 331 g/mol. The summed E-state index contributed by atoms with van der Waals surface area (Å²) >= 11 is 3.14. The van der Waals surface area contributed by atoms with Gasteiger partial charge in [0.2, 0.25) is 0 Å². The van der Waals surface area contributed by atoms with E-state index in [1.54, 1.807) is 20.8 Å². The molecule has 0 aromatic rings. The Morgan fingerprint density at radius 2 is 1.94 bits per heavy atom. The third kappa shape index (κ3) is 4.03. The maximum absolute atomic E-state index is 12.7. The number of halogens is 4. The zero-order valence-corrected chi connectivity index (χ0v) is 12.1. The summed E-state index contributed by atoms with van der Waals surface area (Å²) in [6, 6.07) is -0.466. The molecule has 0 aliphatic carbocycles. The Balaban J connectivity index is 2.73. The van der Waals surface area contributed by atoms with E-state index in [1.165, 1.54) is 0 Å². The molecule has 18 heavy (non-hydrogen) atoms. The van der Waals surface area contributed by atoms with Gasteiger partial charge in [0.05, 0.1) is 5.92 Å². The third-order valence-corrected chi connectivity index (χ3v) is 3.43. The fourth-order valence-corrected chi connectivity index (χ4v) is 2.46. The van der Waals surface area contributed by atoms with E-state index in [-0.39, 0.29) is 13.0 Å². The van der Waals surface area contributed by atoms with Crippen LogP contribution in [0, 0.1) is 5.92 Å². The van der Waals surface area contributed by atoms with Gasteiger partial charge < -0.3 is 9.64 Å². The van der Waals surface area contributed by atoms with Gasteiger partial charge in [0.15, 0.2) is 0 Å². The quantitative estimate of drug-likeness (QED) is 0.687. The first-order chi connectivity index (χ1) is 8.04. The van der Waals surface area contributed by atoms with Crippen LogP contribution in [0.5, 0.6) is 0 Å². The molecule has 3 nitrogen and oxygen atoms in total. The molecule has 1 aliphatic rings. The fourth-order valence-electron chi connectivity index (χ4n) is 1.84. The van der Waals surface area contributed by atoms with Gasteiger partial charge in [0.1, 0.15) is 5.60 Å². The normalized spacial score (nSPS) is 25.4. The molecule has 2 unspecified atom stereocenters. The Kier molecular flexibility index (Phi) is 4.56. The van der Waals surface area contributed by atoms with E-state index in [9.17, 15) is 18.0 Å². The predicted molar refractivity (Wildman–Crippen MR) is 64.7 cm³/mol. The van der Waals surface area contributed by atoms with Crippen LogP contribution in [0.3, 0.4) is 0 Å². The van der Waals surface area contributed by atoms with Crippen molar-refractivity contribution in [2.24, 2.45) is 5.92 Å². The van der Waals surface area contributed by atoms with Crippen molar-refractivity contribution in [1.29, 1.82) is 0 Å². The van der Waals surface area contributed by atoms with Crippen molar-refractivity contribution in [2.45, 2.75) is 45.0 Å². The van der Waals surface area contributed by atoms with Crippen LogP contribution in [0.4, 0.5) is 18.0 Å². The molecule has 1 fully saturated rings. The molecule has 0 radical (unpaired) electrons. The summed E-state index contributed by atoms with van der Waals surface area (Å²) in [6.45, 7) is 4.73. The number of likely N-dealkylation sites (tertiary alicyclic amines) is 1. The fraction of sp³-hybridized carbons (Fsp3) is 0.909. The maximum Gasteiger partial charge on any atom is 0.410 e. The van der Waals surface area contributed by atoms with Gasteiger partial charge in [0.25, 0.3) is 0 Å². The average Bonchev–Trinajstić information content (AvgIpc) is 2.57. The summed E-state index contributed by atoms with van der Waals surface area (Å²) < 4.78 is 43.1. The van der Waals surface area contributed by atoms with Crippen molar-refractivity contribution < 1.29 is 22.7 Å². The molecule has 106 valence electrons. The lowest BCUT2D eigenvalue weighted by atomic mass is 10.1. The number of rotatable bonds is 1. The molecule has 1 aliphatic heterocycles. The molecule has 7 heteroatoms. The van der Waals surface area contributed by atoms with Crippen LogP contribution < -0.4 is 0 Å². The molecule has 0 aromatic carbocycles. The SMILES string of the molecule is CC(C)(C)OC(=O)N1CC(C(F)(F)F)CC1CBr. The van der Waals surface area contributed by atoms with E-state index < -0.39 is 29.8 Å². The Morgan fingerprint density at radius 3 is 2.33 bits per heavy atom. The molecule has 1 saturated heterocycles. The van der Waals surface area contributed by atoms with Crippen LogP contribution >= 0.6 is 15.9 Å². The lowest BCUT2D eigenvalue weighted by molar-refractivity contribution is -0.170. The second-order valence-electron chi connectivity index (χ2n) is 5.42. The second kappa shape index (κ2) is 5.27. The summed E-state index contributed by atoms with van der Waals surface area (Å²) in [5, 5.41) is 0.318. The number of hydrogen-bond acceptors (Lipinski definition) is 2. The zero-order valence-electron chi connectivity index (χ0n) is 10.6. The lowest BCUT2D eigenvalue weighted by Crippen LogP contribution is -2.41. The van der Waals surface area contributed by atoms with Crippen LogP contribution in [0.25, 0.3) is 0 Å². The van der Waals surface area contributed by atoms with Gasteiger partial charge in [-0.15, -0.1) is 0 Å². The average molecular weight is 332 g/mol. The van der Waals surface area contributed by atoms with E-state index in [0.29, 0.717) is 5.33 Å². The molecule has 1 amide bonds. The Hall–Kier alpha value is -0.460. The van der Waals surface area contributed by atoms with E-state index in [0.717, 1.165) is 4.90 Å². The molecule has 0 saturated carbocycles. The maximum atomic E-state index is 12.7. The molecular weight excluding hydrogens is 315 g/mol. The standard InChI is InChI=1S/C11H17BrF3NO2/c1-10(2,3)18-9(17)16-6-7(11(13,14)15)4-8(16)5-12/h7-8H,4-6H2,1-3H3. The predicted octanol–water partition coefficient (Wildman–Crippen LogP) is 3.57. The van der Waals surface area contributed by atoms with Gasteiger partial charge >= 0.3 is 12.3 Å². The smallest absolute Gasteiger partial charge is 0.410 e. The minimum absolute atomic E-state index is 0.0754. The Bertz CT molecular complexity index is 314. The highest BCUT2D eigenvalue weighted by molar-refractivity contribution is 9.09. The van der Waals surface area contributed by atoms with E-state index in [2.05, 4.69) is 15.9 Å². The van der Waals surface area contributed by atoms with Crippen LogP contribution in [-0.2, 0) is 4.74 Å². The van der Waals surface area contributed by atoms with Gasteiger partial charge in [-0.2, -0.15) is 13.2 Å². The minimum Gasteiger partial charge on any atom is -0.444 e. The molecule has 0 aromatic heterocycles. The minimum atomic E-state index is -4.27. The van der Waals surface area contributed by atoms with Crippen LogP contribution in [-0.4, -0.2) is 40.7 Å². The number of alkyl halides is 4. The molecule has 0 bridgehead atoms. The summed E-state index contributed by atoms with van der Waals surface area (Å²) in [6.07, 6.45) is -5.02. The molecule has 2 atom stereocenters. The van der Waals surface area contributed by atoms with Crippen molar-refractivity contribution >= 4 is 22.0 Å². The highest BCUT2D eigenvalue weighted by Crippen LogP contribution is 2.37. The highest BCUT2D eigenvalue weighted by Gasteiger charge is 2.49. The van der Waals surface area contributed by atoms with E-state index in [1.807, 2.05) is 0 Å². The summed E-state index contributed by atoms with van der Waals surface area (Å²) in [4.78, 5) is 13.0. The van der Waals surface area contributed by atoms with Crippen molar-refractivity contribution in [2.75, 3.05) is 11.9 Å². The van der Waals surface area contributed by atoms with Crippen molar-refractivity contribution in [3.63, 3.8) is 0 Å². The van der Waals surface area contributed by atoms with E-state index in [4.69, 9.17) is 4.74 Å². The topological polar surface area (TPSA) is 29.5 Å². The summed E-state index contributed by atoms with van der Waals surface area (Å²) in [5.74, 6) is -1.47. The van der Waals surface area contributed by atoms with Crippen LogP contribution in [0.2, 0.25) is 0 Å². The lowest BCUT2D eigenvalue weighted by Gasteiger charge is -2.27. The van der Waals surface area contributed by atoms with Gasteiger partial charge in [-0.3, -0.25) is 0 Å². The number of nitrogens with zero attached hydrogens (tertiary/aromatic N) is 1. The van der Waals surface area contributed by atoms with Crippen LogP contribution in [0.1, 0.15) is 27.2 Å². The van der Waals surface area contributed by atoms with Gasteiger partial charge in [-0.05, 0) is 27.2 Å². The van der Waals surface area contributed by atoms with Crippen LogP contribution in [0.15, 0.2) is 0 Å². The third-order valence-electron chi connectivity index (χ3n) is 2.68.